The zero-order chi connectivity index (χ0) is 11.7. The number of nitrogens with zero attached hydrogens (tertiary/aromatic N) is 2. The van der Waals surface area contributed by atoms with Gasteiger partial charge in [-0.05, 0) is 6.92 Å². The maximum Gasteiger partial charge on any atom is 0.290 e. The highest BCUT2D eigenvalue weighted by molar-refractivity contribution is 5.79. The van der Waals surface area contributed by atoms with E-state index in [1.54, 1.807) is 6.92 Å². The number of aromatic nitrogens is 1. The molecule has 6 heteroatoms. The van der Waals surface area contributed by atoms with Crippen molar-refractivity contribution in [3.05, 3.63) is 22.2 Å². The smallest absolute Gasteiger partial charge is 0.290 e. The molecule has 0 aromatic carbocycles. The van der Waals surface area contributed by atoms with Gasteiger partial charge in [-0.2, -0.15) is 0 Å². The molecule has 2 heterocycles. The molecule has 1 aliphatic rings. The quantitative estimate of drug-likeness (QED) is 0.738. The minimum Gasteiger partial charge on any atom is -0.396 e. The van der Waals surface area contributed by atoms with Crippen LogP contribution < -0.4 is 5.56 Å². The average Bonchev–Trinajstić information content (AvgIpc) is 2.50. The number of aliphatic hydroxyl groups is 1. The summed E-state index contributed by atoms with van der Waals surface area (Å²) in [4.78, 5) is 24.8. The Morgan fingerprint density at radius 3 is 2.81 bits per heavy atom. The minimum atomic E-state index is -0.429. The van der Waals surface area contributed by atoms with Crippen molar-refractivity contribution >= 4 is 5.91 Å². The van der Waals surface area contributed by atoms with Crippen LogP contribution in [-0.2, 0) is 0 Å². The largest absolute Gasteiger partial charge is 0.396 e. The van der Waals surface area contributed by atoms with Crippen LogP contribution in [0.1, 0.15) is 10.6 Å². The van der Waals surface area contributed by atoms with E-state index in [0.29, 0.717) is 18.8 Å². The van der Waals surface area contributed by atoms with Crippen molar-refractivity contribution < 1.29 is 14.4 Å². The predicted molar refractivity (Wildman–Crippen MR) is 55.3 cm³/mol. The molecule has 1 aromatic rings. The zero-order valence-electron chi connectivity index (χ0n) is 9.05. The Bertz CT molecular complexity index is 442. The Kier molecular flexibility index (Phi) is 2.93. The molecule has 0 bridgehead atoms. The monoisotopic (exact) mass is 226 g/mol. The van der Waals surface area contributed by atoms with Gasteiger partial charge < -0.3 is 9.63 Å². The number of rotatable bonds is 3. The van der Waals surface area contributed by atoms with Gasteiger partial charge in [0.2, 0.25) is 0 Å². The number of aryl methyl sites for hydroxylation is 1. The topological polar surface area (TPSA) is 75.7 Å². The fourth-order valence-corrected chi connectivity index (χ4v) is 1.80. The van der Waals surface area contributed by atoms with Gasteiger partial charge in [-0.3, -0.25) is 14.5 Å². The molecule has 1 N–H and O–H groups in total. The van der Waals surface area contributed by atoms with Crippen LogP contribution in [0.3, 0.4) is 0 Å². The van der Waals surface area contributed by atoms with E-state index in [-0.39, 0.29) is 25.0 Å². The maximum absolute atomic E-state index is 11.6. The molecule has 6 nitrogen and oxygen atoms in total. The molecule has 0 saturated carbocycles. The van der Waals surface area contributed by atoms with Gasteiger partial charge in [-0.15, -0.1) is 4.74 Å². The first kappa shape index (κ1) is 11.1. The lowest BCUT2D eigenvalue weighted by atomic mass is 10.0. The molecule has 1 aromatic heterocycles. The molecule has 0 atom stereocenters. The van der Waals surface area contributed by atoms with Crippen LogP contribution in [0.2, 0.25) is 0 Å². The number of likely N-dealkylation sites (tertiary alicyclic amines) is 1. The van der Waals surface area contributed by atoms with Crippen molar-refractivity contribution in [1.82, 2.24) is 9.64 Å². The van der Waals surface area contributed by atoms with Gasteiger partial charge in [-0.25, -0.2) is 0 Å². The Labute approximate surface area is 92.0 Å². The standard InChI is InChI=1S/C10H14N2O4/c1-7-2-9(14)12(16-7)10(15)5-11-3-8(4-11)6-13/h2,8,13H,3-6H2,1H3. The molecule has 1 aliphatic heterocycles. The first-order chi connectivity index (χ1) is 7.60. The zero-order valence-corrected chi connectivity index (χ0v) is 9.05. The lowest BCUT2D eigenvalue weighted by Gasteiger charge is -2.37. The molecule has 0 amide bonds. The van der Waals surface area contributed by atoms with Crippen LogP contribution >= 0.6 is 0 Å². The Morgan fingerprint density at radius 2 is 2.31 bits per heavy atom. The molecule has 2 rings (SSSR count). The van der Waals surface area contributed by atoms with Gasteiger partial charge in [0.05, 0.1) is 6.54 Å². The second-order valence-corrected chi connectivity index (χ2v) is 4.12. The highest BCUT2D eigenvalue weighted by atomic mass is 16.5. The van der Waals surface area contributed by atoms with E-state index in [0.717, 1.165) is 4.74 Å². The Hall–Kier alpha value is -1.40. The SMILES string of the molecule is Cc1cc(=O)n(C(=O)CN2CC(CO)C2)o1. The maximum atomic E-state index is 11.6. The van der Waals surface area contributed by atoms with E-state index >= 15 is 0 Å². The number of aliphatic hydroxyl groups excluding tert-OH is 1. The van der Waals surface area contributed by atoms with Crippen LogP contribution in [0.4, 0.5) is 0 Å². The third-order valence-corrected chi connectivity index (χ3v) is 2.64. The van der Waals surface area contributed by atoms with E-state index in [4.69, 9.17) is 9.63 Å². The number of carbonyl (C=O) groups excluding carboxylic acids is 1. The van der Waals surface area contributed by atoms with Crippen LogP contribution in [0.25, 0.3) is 0 Å². The van der Waals surface area contributed by atoms with Gasteiger partial charge in [-0.1, -0.05) is 0 Å². The molecule has 0 radical (unpaired) electrons. The van der Waals surface area contributed by atoms with E-state index in [1.807, 2.05) is 4.90 Å². The third kappa shape index (κ3) is 2.07. The van der Waals surface area contributed by atoms with E-state index in [1.165, 1.54) is 6.07 Å². The van der Waals surface area contributed by atoms with Crippen LogP contribution in [0.5, 0.6) is 0 Å². The summed E-state index contributed by atoms with van der Waals surface area (Å²) in [7, 11) is 0. The van der Waals surface area contributed by atoms with Crippen molar-refractivity contribution in [3.63, 3.8) is 0 Å². The van der Waals surface area contributed by atoms with Crippen LogP contribution in [0, 0.1) is 12.8 Å². The summed E-state index contributed by atoms with van der Waals surface area (Å²) in [6.45, 7) is 3.30. The molecule has 1 saturated heterocycles. The molecule has 1 fully saturated rings. The van der Waals surface area contributed by atoms with Crippen LogP contribution in [0.15, 0.2) is 15.4 Å². The highest BCUT2D eigenvalue weighted by Gasteiger charge is 2.28. The van der Waals surface area contributed by atoms with E-state index < -0.39 is 5.56 Å². The van der Waals surface area contributed by atoms with Crippen LogP contribution in [-0.4, -0.2) is 46.9 Å². The fourth-order valence-electron chi connectivity index (χ4n) is 1.80. The normalized spacial score (nSPS) is 17.4. The van der Waals surface area contributed by atoms with Gasteiger partial charge in [0, 0.05) is 31.7 Å². The number of carbonyl (C=O) groups is 1. The molecule has 16 heavy (non-hydrogen) atoms. The van der Waals surface area contributed by atoms with Gasteiger partial charge in [0.1, 0.15) is 5.76 Å². The summed E-state index contributed by atoms with van der Waals surface area (Å²) in [5, 5.41) is 8.82. The average molecular weight is 226 g/mol. The van der Waals surface area contributed by atoms with Crippen molar-refractivity contribution in [2.45, 2.75) is 6.92 Å². The van der Waals surface area contributed by atoms with Crippen molar-refractivity contribution in [1.29, 1.82) is 0 Å². The highest BCUT2D eigenvalue weighted by Crippen LogP contribution is 2.13. The van der Waals surface area contributed by atoms with E-state index in [9.17, 15) is 9.59 Å². The second-order valence-electron chi connectivity index (χ2n) is 4.12. The van der Waals surface area contributed by atoms with Gasteiger partial charge in [0.25, 0.3) is 11.5 Å². The fraction of sp³-hybridized carbons (Fsp3) is 0.600. The first-order valence-electron chi connectivity index (χ1n) is 5.16. The molecule has 0 spiro atoms. The number of hydrogen-bond acceptors (Lipinski definition) is 5. The van der Waals surface area contributed by atoms with Crippen molar-refractivity contribution in [2.24, 2.45) is 5.92 Å². The molecule has 88 valence electrons. The summed E-state index contributed by atoms with van der Waals surface area (Å²) in [5.74, 6) is 0.313. The predicted octanol–water partition coefficient (Wildman–Crippen LogP) is -0.686. The summed E-state index contributed by atoms with van der Waals surface area (Å²) < 4.78 is 5.76. The summed E-state index contributed by atoms with van der Waals surface area (Å²) in [6.07, 6.45) is 0. The Morgan fingerprint density at radius 1 is 1.62 bits per heavy atom. The minimum absolute atomic E-state index is 0.143. The molecule has 0 aliphatic carbocycles. The van der Waals surface area contributed by atoms with Crippen molar-refractivity contribution in [3.8, 4) is 0 Å². The Balaban J connectivity index is 1.94. The summed E-state index contributed by atoms with van der Waals surface area (Å²) in [5.41, 5.74) is -0.429. The molecule has 0 unspecified atom stereocenters. The number of hydrogen-bond donors (Lipinski definition) is 1. The van der Waals surface area contributed by atoms with Gasteiger partial charge in [0.15, 0.2) is 0 Å². The third-order valence-electron chi connectivity index (χ3n) is 2.64. The summed E-state index contributed by atoms with van der Waals surface area (Å²) in [6, 6.07) is 1.28. The second kappa shape index (κ2) is 4.23. The van der Waals surface area contributed by atoms with Crippen molar-refractivity contribution in [2.75, 3.05) is 26.2 Å². The first-order valence-corrected chi connectivity index (χ1v) is 5.16. The molecular weight excluding hydrogens is 212 g/mol. The molecular formula is C10H14N2O4. The van der Waals surface area contributed by atoms with E-state index in [2.05, 4.69) is 0 Å². The van der Waals surface area contributed by atoms with Gasteiger partial charge >= 0.3 is 0 Å². The summed E-state index contributed by atoms with van der Waals surface area (Å²) >= 11 is 0. The lowest BCUT2D eigenvalue weighted by Crippen LogP contribution is -2.51. The lowest BCUT2D eigenvalue weighted by molar-refractivity contribution is 0.0381.